The van der Waals surface area contributed by atoms with Crippen LogP contribution < -0.4 is 10.1 Å². The van der Waals surface area contributed by atoms with E-state index in [4.69, 9.17) is 21.1 Å². The standard InChI is InChI=1S/C18H15ClN2O6/c1-26-16-5-3-2-4-12(16)6-9-18(23)27-11-17(22)20-15-10-13(21(24)25)7-8-14(15)19/h2-10H,11H2,1H3,(H,20,22)/b9-6+. The van der Waals surface area contributed by atoms with Crippen molar-refractivity contribution in [3.8, 4) is 5.75 Å². The molecule has 0 heterocycles. The SMILES string of the molecule is COc1ccccc1/C=C/C(=O)OCC(=O)Nc1cc([N+](=O)[O-])ccc1Cl. The zero-order valence-corrected chi connectivity index (χ0v) is 14.9. The number of non-ortho nitro benzene ring substituents is 1. The zero-order valence-electron chi connectivity index (χ0n) is 14.2. The number of esters is 1. The summed E-state index contributed by atoms with van der Waals surface area (Å²) < 4.78 is 9.99. The first-order valence-electron chi connectivity index (χ1n) is 7.62. The Bertz CT molecular complexity index is 897. The average Bonchev–Trinajstić information content (AvgIpc) is 2.66. The minimum atomic E-state index is -0.735. The number of anilines is 1. The molecule has 0 saturated carbocycles. The Kier molecular flexibility index (Phi) is 6.90. The van der Waals surface area contributed by atoms with Crippen molar-refractivity contribution in [1.29, 1.82) is 0 Å². The molecule has 2 rings (SSSR count). The highest BCUT2D eigenvalue weighted by Crippen LogP contribution is 2.26. The minimum absolute atomic E-state index is 0.0523. The monoisotopic (exact) mass is 390 g/mol. The van der Waals surface area contributed by atoms with Crippen molar-refractivity contribution in [1.82, 2.24) is 0 Å². The Morgan fingerprint density at radius 1 is 1.26 bits per heavy atom. The molecule has 0 unspecified atom stereocenters. The summed E-state index contributed by atoms with van der Waals surface area (Å²) in [5.41, 5.74) is 0.493. The molecule has 0 saturated heterocycles. The first-order valence-corrected chi connectivity index (χ1v) is 8.00. The van der Waals surface area contributed by atoms with Crippen LogP contribution in [0.1, 0.15) is 5.56 Å². The lowest BCUT2D eigenvalue weighted by Crippen LogP contribution is -2.20. The van der Waals surface area contributed by atoms with Gasteiger partial charge in [-0.05, 0) is 18.2 Å². The summed E-state index contributed by atoms with van der Waals surface area (Å²) in [6.45, 7) is -0.575. The number of amides is 1. The number of nitro groups is 1. The van der Waals surface area contributed by atoms with Crippen molar-refractivity contribution in [2.45, 2.75) is 0 Å². The predicted molar refractivity (Wildman–Crippen MR) is 99.7 cm³/mol. The quantitative estimate of drug-likeness (QED) is 0.336. The third kappa shape index (κ3) is 5.82. The maximum Gasteiger partial charge on any atom is 0.331 e. The summed E-state index contributed by atoms with van der Waals surface area (Å²) in [5, 5.41) is 13.2. The van der Waals surface area contributed by atoms with Gasteiger partial charge in [-0.2, -0.15) is 0 Å². The van der Waals surface area contributed by atoms with Crippen molar-refractivity contribution in [3.63, 3.8) is 0 Å². The molecular weight excluding hydrogens is 376 g/mol. The summed E-state index contributed by atoms with van der Waals surface area (Å²) in [6.07, 6.45) is 2.65. The molecule has 140 valence electrons. The molecule has 0 spiro atoms. The highest BCUT2D eigenvalue weighted by molar-refractivity contribution is 6.33. The van der Waals surface area contributed by atoms with Gasteiger partial charge in [-0.3, -0.25) is 14.9 Å². The van der Waals surface area contributed by atoms with Gasteiger partial charge in [0, 0.05) is 23.8 Å². The van der Waals surface area contributed by atoms with Gasteiger partial charge in [0.2, 0.25) is 0 Å². The molecule has 0 aromatic heterocycles. The molecule has 8 nitrogen and oxygen atoms in total. The van der Waals surface area contributed by atoms with Crippen LogP contribution in [0.4, 0.5) is 11.4 Å². The number of nitrogens with zero attached hydrogens (tertiary/aromatic N) is 1. The van der Waals surface area contributed by atoms with Crippen LogP contribution in [0.2, 0.25) is 5.02 Å². The van der Waals surface area contributed by atoms with Crippen molar-refractivity contribution in [2.24, 2.45) is 0 Å². The Labute approximate surface area is 159 Å². The lowest BCUT2D eigenvalue weighted by atomic mass is 10.2. The molecule has 27 heavy (non-hydrogen) atoms. The van der Waals surface area contributed by atoms with Gasteiger partial charge in [0.1, 0.15) is 5.75 Å². The Hall–Kier alpha value is -3.39. The lowest BCUT2D eigenvalue weighted by molar-refractivity contribution is -0.384. The van der Waals surface area contributed by atoms with Gasteiger partial charge >= 0.3 is 5.97 Å². The van der Waals surface area contributed by atoms with Crippen molar-refractivity contribution in [3.05, 3.63) is 69.2 Å². The van der Waals surface area contributed by atoms with Crippen LogP contribution >= 0.6 is 11.6 Å². The van der Waals surface area contributed by atoms with E-state index in [-0.39, 0.29) is 16.4 Å². The van der Waals surface area contributed by atoms with Gasteiger partial charge in [-0.25, -0.2) is 4.79 Å². The van der Waals surface area contributed by atoms with Crippen LogP contribution in [0.5, 0.6) is 5.75 Å². The molecule has 0 atom stereocenters. The fourth-order valence-corrected chi connectivity index (χ4v) is 2.22. The van der Waals surface area contributed by atoms with Gasteiger partial charge in [-0.1, -0.05) is 29.8 Å². The summed E-state index contributed by atoms with van der Waals surface area (Å²) >= 11 is 5.89. The van der Waals surface area contributed by atoms with Crippen LogP contribution in [0.15, 0.2) is 48.5 Å². The summed E-state index contributed by atoms with van der Waals surface area (Å²) in [5.74, 6) is -0.836. The van der Waals surface area contributed by atoms with E-state index in [2.05, 4.69) is 5.32 Å². The Morgan fingerprint density at radius 2 is 2.00 bits per heavy atom. The van der Waals surface area contributed by atoms with Gasteiger partial charge in [0.05, 0.1) is 22.7 Å². The summed E-state index contributed by atoms with van der Waals surface area (Å²) in [6, 6.07) is 10.7. The maximum atomic E-state index is 11.9. The Morgan fingerprint density at radius 3 is 2.70 bits per heavy atom. The molecule has 2 aromatic rings. The normalized spacial score (nSPS) is 10.4. The molecule has 0 fully saturated rings. The van der Waals surface area contributed by atoms with Crippen LogP contribution in [-0.4, -0.2) is 30.5 Å². The molecule has 2 aromatic carbocycles. The van der Waals surface area contributed by atoms with Crippen molar-refractivity contribution >= 4 is 40.9 Å². The number of carbonyl (C=O) groups is 2. The number of nitro benzene ring substituents is 1. The van der Waals surface area contributed by atoms with Crippen LogP contribution in [0.25, 0.3) is 6.08 Å². The molecule has 1 amide bonds. The van der Waals surface area contributed by atoms with E-state index >= 15 is 0 Å². The van der Waals surface area contributed by atoms with E-state index in [9.17, 15) is 19.7 Å². The van der Waals surface area contributed by atoms with Crippen LogP contribution in [0.3, 0.4) is 0 Å². The van der Waals surface area contributed by atoms with Gasteiger partial charge < -0.3 is 14.8 Å². The van der Waals surface area contributed by atoms with Crippen LogP contribution in [0, 0.1) is 10.1 Å². The summed E-state index contributed by atoms with van der Waals surface area (Å²) in [4.78, 5) is 33.7. The molecular formula is C18H15ClN2O6. The first-order chi connectivity index (χ1) is 12.9. The number of carbonyl (C=O) groups excluding carboxylic acids is 2. The number of ether oxygens (including phenoxy) is 2. The molecule has 1 N–H and O–H groups in total. The van der Waals surface area contributed by atoms with Crippen molar-refractivity contribution < 1.29 is 24.0 Å². The van der Waals surface area contributed by atoms with E-state index in [1.165, 1.54) is 25.3 Å². The topological polar surface area (TPSA) is 108 Å². The van der Waals surface area contributed by atoms with E-state index in [1.807, 2.05) is 0 Å². The number of benzene rings is 2. The molecule has 0 aliphatic rings. The fraction of sp³-hybridized carbons (Fsp3) is 0.111. The maximum absolute atomic E-state index is 11.9. The lowest BCUT2D eigenvalue weighted by Gasteiger charge is -2.07. The average molecular weight is 391 g/mol. The number of methoxy groups -OCH3 is 1. The largest absolute Gasteiger partial charge is 0.496 e. The number of hydrogen-bond donors (Lipinski definition) is 1. The van der Waals surface area contributed by atoms with Crippen LogP contribution in [-0.2, 0) is 14.3 Å². The number of para-hydroxylation sites is 1. The van der Waals surface area contributed by atoms with Gasteiger partial charge in [-0.15, -0.1) is 0 Å². The van der Waals surface area contributed by atoms with Gasteiger partial charge in [0.15, 0.2) is 6.61 Å². The molecule has 0 aliphatic carbocycles. The third-order valence-corrected chi connectivity index (χ3v) is 3.65. The Balaban J connectivity index is 1.92. The molecule has 9 heteroatoms. The second kappa shape index (κ2) is 9.35. The molecule has 0 aliphatic heterocycles. The van der Waals surface area contributed by atoms with E-state index in [1.54, 1.807) is 24.3 Å². The smallest absolute Gasteiger partial charge is 0.331 e. The number of rotatable bonds is 7. The minimum Gasteiger partial charge on any atom is -0.496 e. The van der Waals surface area contributed by atoms with E-state index in [0.717, 1.165) is 12.1 Å². The second-order valence-electron chi connectivity index (χ2n) is 5.15. The highest BCUT2D eigenvalue weighted by atomic mass is 35.5. The highest BCUT2D eigenvalue weighted by Gasteiger charge is 2.13. The second-order valence-corrected chi connectivity index (χ2v) is 5.56. The number of halogens is 1. The summed E-state index contributed by atoms with van der Waals surface area (Å²) in [7, 11) is 1.51. The van der Waals surface area contributed by atoms with Crippen molar-refractivity contribution in [2.75, 3.05) is 19.0 Å². The fourth-order valence-electron chi connectivity index (χ4n) is 2.06. The number of hydrogen-bond acceptors (Lipinski definition) is 6. The van der Waals surface area contributed by atoms with Gasteiger partial charge in [0.25, 0.3) is 11.6 Å². The molecule has 0 bridgehead atoms. The number of nitrogens with one attached hydrogen (secondary N) is 1. The predicted octanol–water partition coefficient (Wildman–Crippen LogP) is 3.45. The van der Waals surface area contributed by atoms with E-state index in [0.29, 0.717) is 11.3 Å². The first kappa shape index (κ1) is 19.9. The molecule has 0 radical (unpaired) electrons. The third-order valence-electron chi connectivity index (χ3n) is 3.32. The van der Waals surface area contributed by atoms with E-state index < -0.39 is 23.4 Å². The zero-order chi connectivity index (χ0) is 19.8.